The van der Waals surface area contributed by atoms with Crippen LogP contribution in [0, 0.1) is 0 Å². The molecule has 0 amide bonds. The Labute approximate surface area is 120 Å². The van der Waals surface area contributed by atoms with Crippen LogP contribution >= 0.6 is 13.5 Å². The molecule has 0 aromatic carbocycles. The van der Waals surface area contributed by atoms with Crippen molar-refractivity contribution in [2.24, 2.45) is 0 Å². The molecular weight excluding hydrogens is 266 g/mol. The lowest BCUT2D eigenvalue weighted by Gasteiger charge is -2.18. The molecule has 0 aliphatic carbocycles. The molecule has 0 aliphatic rings. The number of nitrogen functional groups attached to an aromatic ring is 1. The first-order valence-corrected chi connectivity index (χ1v) is 6.12. The van der Waals surface area contributed by atoms with Crippen molar-refractivity contribution < 1.29 is 9.84 Å². The van der Waals surface area contributed by atoms with E-state index in [1.54, 1.807) is 0 Å². The zero-order valence-corrected chi connectivity index (χ0v) is 12.4. The van der Waals surface area contributed by atoms with Crippen molar-refractivity contribution in [3.05, 3.63) is 0 Å². The van der Waals surface area contributed by atoms with Crippen molar-refractivity contribution in [3.63, 3.8) is 0 Å². The number of ether oxygens (including phenoxy) is 1. The molecule has 0 saturated heterocycles. The van der Waals surface area contributed by atoms with Crippen molar-refractivity contribution in [2.45, 2.75) is 38.6 Å². The third kappa shape index (κ3) is 5.93. The van der Waals surface area contributed by atoms with Gasteiger partial charge in [-0.25, -0.2) is 0 Å². The maximum Gasteiger partial charge on any atom is 0.276 e. The fourth-order valence-electron chi connectivity index (χ4n) is 1.65. The third-order valence-corrected chi connectivity index (χ3v) is 2.59. The normalized spacial score (nSPS) is 11.5. The van der Waals surface area contributed by atoms with Crippen LogP contribution in [-0.4, -0.2) is 40.0 Å². The van der Waals surface area contributed by atoms with Gasteiger partial charge in [0.05, 0.1) is 7.11 Å². The standard InChI is InChI=1S/C11H21N5O2.H2S/c1-3-4-5-8(6-7-17)13-9-10(18-2)15-16-11(12)14-9;/h8,17H,3-7H2,1-2H3,(H3,12,13,14,16);1H2/t8-;/m0./s1. The summed E-state index contributed by atoms with van der Waals surface area (Å²) >= 11 is 0. The minimum absolute atomic E-state index is 0. The number of nitrogens with one attached hydrogen (secondary N) is 1. The quantitative estimate of drug-likeness (QED) is 0.653. The van der Waals surface area contributed by atoms with Gasteiger partial charge in [0.25, 0.3) is 5.88 Å². The highest BCUT2D eigenvalue weighted by molar-refractivity contribution is 7.59. The summed E-state index contributed by atoms with van der Waals surface area (Å²) in [5.74, 6) is 0.875. The van der Waals surface area contributed by atoms with Gasteiger partial charge in [-0.05, 0) is 12.8 Å². The maximum absolute atomic E-state index is 9.05. The van der Waals surface area contributed by atoms with Crippen LogP contribution in [0.15, 0.2) is 0 Å². The van der Waals surface area contributed by atoms with E-state index >= 15 is 0 Å². The van der Waals surface area contributed by atoms with Gasteiger partial charge in [-0.2, -0.15) is 18.5 Å². The second-order valence-electron chi connectivity index (χ2n) is 4.02. The third-order valence-electron chi connectivity index (χ3n) is 2.59. The van der Waals surface area contributed by atoms with E-state index in [1.807, 2.05) is 0 Å². The number of anilines is 2. The first-order valence-electron chi connectivity index (χ1n) is 6.12. The largest absolute Gasteiger partial charge is 0.477 e. The lowest BCUT2D eigenvalue weighted by atomic mass is 10.1. The Bertz CT molecular complexity index is 367. The van der Waals surface area contributed by atoms with E-state index in [1.165, 1.54) is 7.11 Å². The van der Waals surface area contributed by atoms with Gasteiger partial charge in [-0.3, -0.25) is 0 Å². The summed E-state index contributed by atoms with van der Waals surface area (Å²) in [5, 5.41) is 19.7. The molecule has 19 heavy (non-hydrogen) atoms. The number of methoxy groups -OCH3 is 1. The zero-order chi connectivity index (χ0) is 13.4. The molecule has 0 spiro atoms. The average Bonchev–Trinajstić information content (AvgIpc) is 2.36. The molecule has 1 aromatic heterocycles. The molecule has 8 heteroatoms. The van der Waals surface area contributed by atoms with Crippen LogP contribution in [0.5, 0.6) is 5.88 Å². The molecule has 0 radical (unpaired) electrons. The molecule has 0 fully saturated rings. The van der Waals surface area contributed by atoms with Crippen LogP contribution in [0.1, 0.15) is 32.6 Å². The number of nitrogens with two attached hydrogens (primary N) is 1. The maximum atomic E-state index is 9.05. The van der Waals surface area contributed by atoms with Gasteiger partial charge in [0, 0.05) is 12.6 Å². The topological polar surface area (TPSA) is 106 Å². The van der Waals surface area contributed by atoms with Gasteiger partial charge < -0.3 is 20.9 Å². The fraction of sp³-hybridized carbons (Fsp3) is 0.727. The van der Waals surface area contributed by atoms with Crippen LogP contribution in [0.25, 0.3) is 0 Å². The second kappa shape index (κ2) is 9.62. The van der Waals surface area contributed by atoms with E-state index < -0.39 is 0 Å². The number of aliphatic hydroxyl groups is 1. The van der Waals surface area contributed by atoms with Gasteiger partial charge in [0.1, 0.15) is 0 Å². The van der Waals surface area contributed by atoms with E-state index in [2.05, 4.69) is 27.4 Å². The number of aliphatic hydroxyl groups excluding tert-OH is 1. The van der Waals surface area contributed by atoms with Crippen molar-refractivity contribution in [3.8, 4) is 5.88 Å². The molecule has 7 nitrogen and oxygen atoms in total. The molecule has 1 heterocycles. The van der Waals surface area contributed by atoms with E-state index in [4.69, 9.17) is 15.6 Å². The lowest BCUT2D eigenvalue weighted by Crippen LogP contribution is -2.22. The van der Waals surface area contributed by atoms with Crippen LogP contribution < -0.4 is 15.8 Å². The Morgan fingerprint density at radius 3 is 2.68 bits per heavy atom. The van der Waals surface area contributed by atoms with E-state index in [0.717, 1.165) is 19.3 Å². The van der Waals surface area contributed by atoms with Crippen LogP contribution in [0.4, 0.5) is 11.8 Å². The molecule has 4 N–H and O–H groups in total. The predicted molar refractivity (Wildman–Crippen MR) is 79.8 cm³/mol. The zero-order valence-electron chi connectivity index (χ0n) is 11.4. The minimum atomic E-state index is 0. The summed E-state index contributed by atoms with van der Waals surface area (Å²) in [7, 11) is 1.50. The molecule has 1 atom stereocenters. The second-order valence-corrected chi connectivity index (χ2v) is 4.02. The van der Waals surface area contributed by atoms with E-state index in [-0.39, 0.29) is 32.1 Å². The number of unbranched alkanes of at least 4 members (excludes halogenated alkanes) is 1. The van der Waals surface area contributed by atoms with Gasteiger partial charge in [0.15, 0.2) is 5.82 Å². The number of hydrogen-bond donors (Lipinski definition) is 3. The SMILES string of the molecule is CCCC[C@@H](CCO)Nc1nc(N)nnc1OC.S. The highest BCUT2D eigenvalue weighted by Gasteiger charge is 2.14. The molecule has 1 aromatic rings. The smallest absolute Gasteiger partial charge is 0.276 e. The van der Waals surface area contributed by atoms with Crippen LogP contribution in [0.2, 0.25) is 0 Å². The number of rotatable bonds is 8. The van der Waals surface area contributed by atoms with Crippen LogP contribution in [-0.2, 0) is 0 Å². The Balaban J connectivity index is 0.00000324. The number of nitrogens with zero attached hydrogens (tertiary/aromatic N) is 3. The minimum Gasteiger partial charge on any atom is -0.477 e. The first kappa shape index (κ1) is 17.7. The molecule has 0 aliphatic heterocycles. The Hall–Kier alpha value is -1.28. The Morgan fingerprint density at radius 2 is 2.11 bits per heavy atom. The summed E-state index contributed by atoms with van der Waals surface area (Å²) in [5.41, 5.74) is 5.50. The van der Waals surface area contributed by atoms with Crippen molar-refractivity contribution in [1.82, 2.24) is 15.2 Å². The molecule has 0 saturated carbocycles. The molecule has 1 rings (SSSR count). The predicted octanol–water partition coefficient (Wildman–Crippen LogP) is 0.928. The number of aromatic nitrogens is 3. The molecule has 110 valence electrons. The summed E-state index contributed by atoms with van der Waals surface area (Å²) in [6, 6.07) is 0.125. The van der Waals surface area contributed by atoms with Gasteiger partial charge in [0.2, 0.25) is 5.95 Å². The van der Waals surface area contributed by atoms with Gasteiger partial charge in [-0.1, -0.05) is 19.8 Å². The highest BCUT2D eigenvalue weighted by atomic mass is 32.1. The van der Waals surface area contributed by atoms with Gasteiger partial charge in [-0.15, -0.1) is 10.2 Å². The Morgan fingerprint density at radius 1 is 1.37 bits per heavy atom. The van der Waals surface area contributed by atoms with Crippen molar-refractivity contribution in [2.75, 3.05) is 24.8 Å². The van der Waals surface area contributed by atoms with Crippen molar-refractivity contribution in [1.29, 1.82) is 0 Å². The monoisotopic (exact) mass is 289 g/mol. The summed E-state index contributed by atoms with van der Waals surface area (Å²) in [6.45, 7) is 2.25. The fourth-order valence-corrected chi connectivity index (χ4v) is 1.65. The summed E-state index contributed by atoms with van der Waals surface area (Å²) in [6.07, 6.45) is 3.77. The number of hydrogen-bond acceptors (Lipinski definition) is 7. The van der Waals surface area contributed by atoms with E-state index in [0.29, 0.717) is 18.1 Å². The van der Waals surface area contributed by atoms with Crippen molar-refractivity contribution >= 4 is 25.3 Å². The van der Waals surface area contributed by atoms with Crippen LogP contribution in [0.3, 0.4) is 0 Å². The van der Waals surface area contributed by atoms with Gasteiger partial charge >= 0.3 is 0 Å². The lowest BCUT2D eigenvalue weighted by molar-refractivity contribution is 0.275. The molecule has 0 unspecified atom stereocenters. The molecule has 0 bridgehead atoms. The first-order chi connectivity index (χ1) is 8.71. The Kier molecular flexibility index (Phi) is 8.98. The summed E-state index contributed by atoms with van der Waals surface area (Å²) < 4.78 is 5.07. The summed E-state index contributed by atoms with van der Waals surface area (Å²) in [4.78, 5) is 4.06. The molecular formula is C11H23N5O2S. The average molecular weight is 289 g/mol. The van der Waals surface area contributed by atoms with E-state index in [9.17, 15) is 0 Å². The highest BCUT2D eigenvalue weighted by Crippen LogP contribution is 2.20.